The SMILES string of the molecule is CC(Cc1nnc(NC(=O)CCS(=O)(=O)c2ccccc2)s1)c1ccccc1. The van der Waals surface area contributed by atoms with Crippen LogP contribution in [0.3, 0.4) is 0 Å². The monoisotopic (exact) mass is 415 g/mol. The minimum Gasteiger partial charge on any atom is -0.301 e. The number of amides is 1. The van der Waals surface area contributed by atoms with Gasteiger partial charge in [-0.25, -0.2) is 8.42 Å². The van der Waals surface area contributed by atoms with Crippen molar-refractivity contribution in [3.63, 3.8) is 0 Å². The van der Waals surface area contributed by atoms with Gasteiger partial charge in [-0.1, -0.05) is 66.8 Å². The summed E-state index contributed by atoms with van der Waals surface area (Å²) in [6.07, 6.45) is 0.590. The molecule has 3 aromatic rings. The molecule has 0 aliphatic rings. The van der Waals surface area contributed by atoms with E-state index in [2.05, 4.69) is 34.6 Å². The third-order valence-corrected chi connectivity index (χ3v) is 6.86. The maximum absolute atomic E-state index is 12.2. The van der Waals surface area contributed by atoms with Gasteiger partial charge in [-0.15, -0.1) is 10.2 Å². The molecule has 1 heterocycles. The zero-order valence-electron chi connectivity index (χ0n) is 15.4. The van der Waals surface area contributed by atoms with Gasteiger partial charge in [0.15, 0.2) is 9.84 Å². The average molecular weight is 416 g/mol. The minimum absolute atomic E-state index is 0.132. The topological polar surface area (TPSA) is 89.0 Å². The van der Waals surface area contributed by atoms with E-state index in [1.165, 1.54) is 29.0 Å². The van der Waals surface area contributed by atoms with Crippen molar-refractivity contribution >= 4 is 32.2 Å². The fourth-order valence-electron chi connectivity index (χ4n) is 2.70. The lowest BCUT2D eigenvalue weighted by molar-refractivity contribution is -0.115. The molecule has 28 heavy (non-hydrogen) atoms. The summed E-state index contributed by atoms with van der Waals surface area (Å²) < 4.78 is 24.5. The highest BCUT2D eigenvalue weighted by atomic mass is 32.2. The summed E-state index contributed by atoms with van der Waals surface area (Å²) in [7, 11) is -3.48. The minimum atomic E-state index is -3.48. The first-order valence-corrected chi connectivity index (χ1v) is 11.4. The Morgan fingerprint density at radius 1 is 1.04 bits per heavy atom. The van der Waals surface area contributed by atoms with E-state index in [1.807, 2.05) is 18.2 Å². The van der Waals surface area contributed by atoms with Crippen molar-refractivity contribution in [1.29, 1.82) is 0 Å². The van der Waals surface area contributed by atoms with Crippen LogP contribution >= 0.6 is 11.3 Å². The van der Waals surface area contributed by atoms with Crippen molar-refractivity contribution in [1.82, 2.24) is 10.2 Å². The van der Waals surface area contributed by atoms with Crippen molar-refractivity contribution < 1.29 is 13.2 Å². The highest BCUT2D eigenvalue weighted by molar-refractivity contribution is 7.91. The highest BCUT2D eigenvalue weighted by Crippen LogP contribution is 2.24. The number of hydrogen-bond donors (Lipinski definition) is 1. The van der Waals surface area contributed by atoms with E-state index in [-0.39, 0.29) is 23.0 Å². The van der Waals surface area contributed by atoms with Crippen molar-refractivity contribution in [3.05, 3.63) is 71.2 Å². The number of nitrogens with zero attached hydrogens (tertiary/aromatic N) is 2. The van der Waals surface area contributed by atoms with Crippen LogP contribution in [0.4, 0.5) is 5.13 Å². The normalized spacial score (nSPS) is 12.5. The van der Waals surface area contributed by atoms with Crippen molar-refractivity contribution in [3.8, 4) is 0 Å². The van der Waals surface area contributed by atoms with Crippen LogP contribution in [0.2, 0.25) is 0 Å². The second kappa shape index (κ2) is 9.07. The molecule has 3 rings (SSSR count). The molecule has 1 aromatic heterocycles. The summed E-state index contributed by atoms with van der Waals surface area (Å²) >= 11 is 1.31. The Labute approximate surface area is 168 Å². The molecule has 1 atom stereocenters. The molecule has 6 nitrogen and oxygen atoms in total. The summed E-state index contributed by atoms with van der Waals surface area (Å²) in [5, 5.41) is 12.0. The van der Waals surface area contributed by atoms with Crippen LogP contribution in [0.1, 0.15) is 29.8 Å². The summed E-state index contributed by atoms with van der Waals surface area (Å²) in [5.74, 6) is -0.355. The molecule has 146 valence electrons. The fourth-order valence-corrected chi connectivity index (χ4v) is 4.85. The fraction of sp³-hybridized carbons (Fsp3) is 0.250. The Kier molecular flexibility index (Phi) is 6.53. The number of benzene rings is 2. The van der Waals surface area contributed by atoms with Crippen molar-refractivity contribution in [2.45, 2.75) is 30.6 Å². The van der Waals surface area contributed by atoms with E-state index in [0.717, 1.165) is 11.4 Å². The predicted molar refractivity (Wildman–Crippen MR) is 110 cm³/mol. The van der Waals surface area contributed by atoms with Gasteiger partial charge < -0.3 is 5.32 Å². The van der Waals surface area contributed by atoms with Gasteiger partial charge in [-0.2, -0.15) is 0 Å². The van der Waals surface area contributed by atoms with Crippen LogP contribution in [-0.4, -0.2) is 30.3 Å². The van der Waals surface area contributed by atoms with Gasteiger partial charge in [-0.3, -0.25) is 4.79 Å². The predicted octanol–water partition coefficient (Wildman–Crippen LogP) is 3.69. The average Bonchev–Trinajstić information content (AvgIpc) is 3.14. The van der Waals surface area contributed by atoms with E-state index < -0.39 is 15.7 Å². The number of rotatable bonds is 8. The number of nitrogens with one attached hydrogen (secondary N) is 1. The van der Waals surface area contributed by atoms with Gasteiger partial charge in [0.25, 0.3) is 0 Å². The van der Waals surface area contributed by atoms with Crippen LogP contribution in [0, 0.1) is 0 Å². The Hall–Kier alpha value is -2.58. The van der Waals surface area contributed by atoms with Gasteiger partial charge in [-0.05, 0) is 23.6 Å². The molecule has 1 unspecified atom stereocenters. The van der Waals surface area contributed by atoms with Gasteiger partial charge in [0.2, 0.25) is 11.0 Å². The third kappa shape index (κ3) is 5.46. The van der Waals surface area contributed by atoms with Crippen LogP contribution in [0.5, 0.6) is 0 Å². The third-order valence-electron chi connectivity index (χ3n) is 4.26. The maximum atomic E-state index is 12.2. The van der Waals surface area contributed by atoms with E-state index in [4.69, 9.17) is 0 Å². The van der Waals surface area contributed by atoms with Gasteiger partial charge in [0.05, 0.1) is 10.6 Å². The molecule has 2 aromatic carbocycles. The molecular formula is C20H21N3O3S2. The lowest BCUT2D eigenvalue weighted by atomic mass is 9.98. The largest absolute Gasteiger partial charge is 0.301 e. The summed E-state index contributed by atoms with van der Waals surface area (Å²) in [5.41, 5.74) is 1.22. The van der Waals surface area contributed by atoms with Crippen LogP contribution in [-0.2, 0) is 21.1 Å². The van der Waals surface area contributed by atoms with Crippen LogP contribution in [0.25, 0.3) is 0 Å². The Morgan fingerprint density at radius 3 is 2.36 bits per heavy atom. The summed E-state index contributed by atoms with van der Waals surface area (Å²) in [6.45, 7) is 2.11. The van der Waals surface area contributed by atoms with Crippen molar-refractivity contribution in [2.24, 2.45) is 0 Å². The van der Waals surface area contributed by atoms with E-state index in [9.17, 15) is 13.2 Å². The second-order valence-corrected chi connectivity index (χ2v) is 9.62. The number of carbonyl (C=O) groups excluding carboxylic acids is 1. The van der Waals surface area contributed by atoms with Crippen LogP contribution < -0.4 is 5.32 Å². The maximum Gasteiger partial charge on any atom is 0.227 e. The number of aromatic nitrogens is 2. The van der Waals surface area contributed by atoms with Crippen LogP contribution in [0.15, 0.2) is 65.6 Å². The molecule has 0 aliphatic carbocycles. The van der Waals surface area contributed by atoms with E-state index >= 15 is 0 Å². The lowest BCUT2D eigenvalue weighted by Gasteiger charge is -2.08. The Bertz CT molecular complexity index is 1020. The first-order chi connectivity index (χ1) is 13.4. The molecule has 1 N–H and O–H groups in total. The zero-order chi connectivity index (χ0) is 20.0. The Morgan fingerprint density at radius 2 is 1.68 bits per heavy atom. The first-order valence-electron chi connectivity index (χ1n) is 8.89. The number of carbonyl (C=O) groups is 1. The lowest BCUT2D eigenvalue weighted by Crippen LogP contribution is -2.17. The smallest absolute Gasteiger partial charge is 0.227 e. The standard InChI is InChI=1S/C20H21N3O3S2/c1-15(16-8-4-2-5-9-16)14-19-22-23-20(27-19)21-18(24)12-13-28(25,26)17-10-6-3-7-11-17/h2-11,15H,12-14H2,1H3,(H,21,23,24). The molecule has 1 amide bonds. The molecule has 0 fully saturated rings. The first kappa shape index (κ1) is 20.2. The summed E-state index contributed by atoms with van der Waals surface area (Å²) in [6, 6.07) is 18.2. The quantitative estimate of drug-likeness (QED) is 0.606. The van der Waals surface area contributed by atoms with Crippen molar-refractivity contribution in [2.75, 3.05) is 11.1 Å². The molecular weight excluding hydrogens is 394 g/mol. The molecule has 0 saturated carbocycles. The molecule has 0 radical (unpaired) electrons. The van der Waals surface area contributed by atoms with E-state index in [1.54, 1.807) is 18.2 Å². The molecule has 8 heteroatoms. The summed E-state index contributed by atoms with van der Waals surface area (Å²) in [4.78, 5) is 12.3. The van der Waals surface area contributed by atoms with Gasteiger partial charge in [0.1, 0.15) is 5.01 Å². The van der Waals surface area contributed by atoms with Gasteiger partial charge in [0, 0.05) is 12.8 Å². The Balaban J connectivity index is 1.53. The number of anilines is 1. The van der Waals surface area contributed by atoms with E-state index in [0.29, 0.717) is 5.13 Å². The number of sulfone groups is 1. The number of hydrogen-bond acceptors (Lipinski definition) is 6. The molecule has 0 spiro atoms. The molecule has 0 bridgehead atoms. The highest BCUT2D eigenvalue weighted by Gasteiger charge is 2.17. The molecule has 0 aliphatic heterocycles. The molecule has 0 saturated heterocycles. The second-order valence-electron chi connectivity index (χ2n) is 6.45. The zero-order valence-corrected chi connectivity index (χ0v) is 17.0. The van der Waals surface area contributed by atoms with Gasteiger partial charge >= 0.3 is 0 Å².